The summed E-state index contributed by atoms with van der Waals surface area (Å²) in [5.41, 5.74) is 1.34. The average Bonchev–Trinajstić information content (AvgIpc) is 2.37. The molecule has 0 aliphatic heterocycles. The summed E-state index contributed by atoms with van der Waals surface area (Å²) in [4.78, 5) is 15.0. The number of amides is 1. The standard InChI is InChI=1S/C16H21FN2O2/c1-18(2)16(21)12-19(3)11-14-8-13(6-4-5-7-20)9-15(17)10-14/h8-10,20H,5,7,11-12H2,1-3H3. The first-order valence-electron chi connectivity index (χ1n) is 6.70. The van der Waals surface area contributed by atoms with Crippen LogP contribution in [0.15, 0.2) is 18.2 Å². The van der Waals surface area contributed by atoms with Gasteiger partial charge in [0.25, 0.3) is 0 Å². The van der Waals surface area contributed by atoms with Crippen LogP contribution < -0.4 is 0 Å². The molecule has 0 saturated carbocycles. The highest BCUT2D eigenvalue weighted by Gasteiger charge is 2.09. The Morgan fingerprint density at radius 2 is 2.00 bits per heavy atom. The molecule has 0 atom stereocenters. The Bertz CT molecular complexity index is 547. The Hall–Kier alpha value is -1.90. The lowest BCUT2D eigenvalue weighted by Gasteiger charge is -2.19. The molecule has 1 aromatic carbocycles. The molecule has 0 aliphatic rings. The van der Waals surface area contributed by atoms with Gasteiger partial charge in [-0.1, -0.05) is 11.8 Å². The van der Waals surface area contributed by atoms with E-state index in [0.717, 1.165) is 5.56 Å². The molecule has 0 fully saturated rings. The molecule has 0 aromatic heterocycles. The van der Waals surface area contributed by atoms with E-state index in [9.17, 15) is 9.18 Å². The maximum absolute atomic E-state index is 13.6. The van der Waals surface area contributed by atoms with Gasteiger partial charge in [0.2, 0.25) is 5.91 Å². The quantitative estimate of drug-likeness (QED) is 0.826. The summed E-state index contributed by atoms with van der Waals surface area (Å²) < 4.78 is 13.6. The summed E-state index contributed by atoms with van der Waals surface area (Å²) in [5, 5.41) is 8.68. The molecule has 1 rings (SSSR count). The minimum atomic E-state index is -0.354. The van der Waals surface area contributed by atoms with E-state index in [0.29, 0.717) is 18.5 Å². The molecule has 1 aromatic rings. The van der Waals surface area contributed by atoms with Gasteiger partial charge in [0.1, 0.15) is 5.82 Å². The zero-order valence-electron chi connectivity index (χ0n) is 12.7. The molecule has 0 spiro atoms. The summed E-state index contributed by atoms with van der Waals surface area (Å²) in [6.45, 7) is 0.728. The molecular formula is C16H21FN2O2. The highest BCUT2D eigenvalue weighted by molar-refractivity contribution is 5.77. The van der Waals surface area contributed by atoms with Gasteiger partial charge < -0.3 is 10.0 Å². The van der Waals surface area contributed by atoms with E-state index < -0.39 is 0 Å². The van der Waals surface area contributed by atoms with E-state index in [2.05, 4.69) is 11.8 Å². The van der Waals surface area contributed by atoms with Crippen molar-refractivity contribution < 1.29 is 14.3 Å². The smallest absolute Gasteiger partial charge is 0.236 e. The molecule has 0 unspecified atom stereocenters. The molecule has 0 radical (unpaired) electrons. The lowest BCUT2D eigenvalue weighted by molar-refractivity contribution is -0.129. The third-order valence-corrected chi connectivity index (χ3v) is 2.78. The van der Waals surface area contributed by atoms with Crippen molar-refractivity contribution in [2.24, 2.45) is 0 Å². The average molecular weight is 292 g/mol. The third kappa shape index (κ3) is 6.39. The predicted octanol–water partition coefficient (Wildman–Crippen LogP) is 1.08. The van der Waals surface area contributed by atoms with Crippen molar-refractivity contribution in [2.75, 3.05) is 34.3 Å². The first-order valence-corrected chi connectivity index (χ1v) is 6.70. The molecule has 114 valence electrons. The van der Waals surface area contributed by atoms with Crippen molar-refractivity contribution in [3.63, 3.8) is 0 Å². The van der Waals surface area contributed by atoms with E-state index in [1.165, 1.54) is 17.0 Å². The second-order valence-electron chi connectivity index (χ2n) is 5.08. The largest absolute Gasteiger partial charge is 0.395 e. The molecule has 21 heavy (non-hydrogen) atoms. The molecular weight excluding hydrogens is 271 g/mol. The van der Waals surface area contributed by atoms with Crippen LogP contribution in [0.4, 0.5) is 4.39 Å². The van der Waals surface area contributed by atoms with Crippen LogP contribution in [0.5, 0.6) is 0 Å². The highest BCUT2D eigenvalue weighted by atomic mass is 19.1. The van der Waals surface area contributed by atoms with Crippen LogP contribution in [-0.2, 0) is 11.3 Å². The van der Waals surface area contributed by atoms with Crippen molar-refractivity contribution in [2.45, 2.75) is 13.0 Å². The third-order valence-electron chi connectivity index (χ3n) is 2.78. The summed E-state index contributed by atoms with van der Waals surface area (Å²) in [6, 6.07) is 4.59. The van der Waals surface area contributed by atoms with Crippen LogP contribution in [0.25, 0.3) is 0 Å². The molecule has 5 heteroatoms. The van der Waals surface area contributed by atoms with Crippen molar-refractivity contribution in [3.05, 3.63) is 35.1 Å². The fourth-order valence-electron chi connectivity index (χ4n) is 1.77. The number of hydrogen-bond acceptors (Lipinski definition) is 3. The van der Waals surface area contributed by atoms with Crippen molar-refractivity contribution in [3.8, 4) is 11.8 Å². The summed E-state index contributed by atoms with van der Waals surface area (Å²) in [5.74, 6) is 5.22. The van der Waals surface area contributed by atoms with E-state index in [4.69, 9.17) is 5.11 Å². The van der Waals surface area contributed by atoms with Gasteiger partial charge >= 0.3 is 0 Å². The zero-order chi connectivity index (χ0) is 15.8. The van der Waals surface area contributed by atoms with Crippen LogP contribution in [0, 0.1) is 17.7 Å². The van der Waals surface area contributed by atoms with Gasteiger partial charge in [-0.15, -0.1) is 0 Å². The van der Waals surface area contributed by atoms with Gasteiger partial charge in [-0.25, -0.2) is 4.39 Å². The molecule has 1 amide bonds. The number of nitrogens with zero attached hydrogens (tertiary/aromatic N) is 2. The van der Waals surface area contributed by atoms with E-state index >= 15 is 0 Å². The minimum Gasteiger partial charge on any atom is -0.395 e. The fraction of sp³-hybridized carbons (Fsp3) is 0.438. The van der Waals surface area contributed by atoms with Crippen LogP contribution in [0.3, 0.4) is 0 Å². The number of carbonyl (C=O) groups is 1. The Morgan fingerprint density at radius 1 is 1.29 bits per heavy atom. The summed E-state index contributed by atoms with van der Waals surface area (Å²) >= 11 is 0. The van der Waals surface area contributed by atoms with Gasteiger partial charge in [-0.2, -0.15) is 0 Å². The molecule has 0 aliphatic carbocycles. The second kappa shape index (κ2) is 8.40. The Kier molecular flexibility index (Phi) is 6.86. The maximum atomic E-state index is 13.6. The fourth-order valence-corrected chi connectivity index (χ4v) is 1.77. The summed E-state index contributed by atoms with van der Waals surface area (Å²) in [7, 11) is 5.21. The number of hydrogen-bond donors (Lipinski definition) is 1. The van der Waals surface area contributed by atoms with Crippen LogP contribution in [0.2, 0.25) is 0 Å². The van der Waals surface area contributed by atoms with Gasteiger partial charge in [0.05, 0.1) is 13.2 Å². The number of aliphatic hydroxyl groups excluding tert-OH is 1. The molecule has 1 N–H and O–H groups in total. The van der Waals surface area contributed by atoms with Crippen molar-refractivity contribution in [1.82, 2.24) is 9.80 Å². The van der Waals surface area contributed by atoms with Gasteiger partial charge in [0.15, 0.2) is 0 Å². The highest BCUT2D eigenvalue weighted by Crippen LogP contribution is 2.10. The zero-order valence-corrected chi connectivity index (χ0v) is 12.7. The Labute approximate surface area is 125 Å². The van der Waals surface area contributed by atoms with Crippen molar-refractivity contribution in [1.29, 1.82) is 0 Å². The Morgan fingerprint density at radius 3 is 2.62 bits per heavy atom. The molecule has 4 nitrogen and oxygen atoms in total. The molecule has 0 saturated heterocycles. The number of aliphatic hydroxyl groups is 1. The van der Waals surface area contributed by atoms with Gasteiger partial charge in [-0.05, 0) is 30.8 Å². The SMILES string of the molecule is CN(CC(=O)N(C)C)Cc1cc(F)cc(C#CCCO)c1. The van der Waals surface area contributed by atoms with Crippen molar-refractivity contribution >= 4 is 5.91 Å². The number of benzene rings is 1. The van der Waals surface area contributed by atoms with Crippen LogP contribution in [0.1, 0.15) is 17.5 Å². The summed E-state index contributed by atoms with van der Waals surface area (Å²) in [6.07, 6.45) is 0.364. The lowest BCUT2D eigenvalue weighted by atomic mass is 10.1. The first kappa shape index (κ1) is 17.2. The van der Waals surface area contributed by atoms with E-state index in [1.54, 1.807) is 20.2 Å². The number of likely N-dealkylation sites (N-methyl/N-ethyl adjacent to an activating group) is 2. The first-order chi connectivity index (χ1) is 9.92. The van der Waals surface area contributed by atoms with Crippen LogP contribution in [-0.4, -0.2) is 55.1 Å². The predicted molar refractivity (Wildman–Crippen MR) is 80.0 cm³/mol. The normalized spacial score (nSPS) is 10.2. The second-order valence-corrected chi connectivity index (χ2v) is 5.08. The monoisotopic (exact) mass is 292 g/mol. The van der Waals surface area contributed by atoms with Crippen LogP contribution >= 0.6 is 0 Å². The topological polar surface area (TPSA) is 43.8 Å². The maximum Gasteiger partial charge on any atom is 0.236 e. The van der Waals surface area contributed by atoms with E-state index in [1.807, 2.05) is 11.9 Å². The number of halogens is 1. The number of rotatable bonds is 5. The lowest BCUT2D eigenvalue weighted by Crippen LogP contribution is -2.34. The minimum absolute atomic E-state index is 0.00290. The number of carbonyl (C=O) groups excluding carboxylic acids is 1. The van der Waals surface area contributed by atoms with Gasteiger partial charge in [-0.3, -0.25) is 9.69 Å². The molecule has 0 bridgehead atoms. The van der Waals surface area contributed by atoms with Gasteiger partial charge in [0, 0.05) is 32.6 Å². The van der Waals surface area contributed by atoms with E-state index in [-0.39, 0.29) is 24.9 Å². The Balaban J connectivity index is 2.75. The molecule has 0 heterocycles.